The summed E-state index contributed by atoms with van der Waals surface area (Å²) in [4.78, 5) is 7.80. The molecule has 0 saturated carbocycles. The van der Waals surface area contributed by atoms with Gasteiger partial charge in [0.15, 0.2) is 5.96 Å². The van der Waals surface area contributed by atoms with Crippen LogP contribution in [0.1, 0.15) is 25.0 Å². The highest BCUT2D eigenvalue weighted by atomic mass is 127. The predicted molar refractivity (Wildman–Crippen MR) is 121 cm³/mol. The van der Waals surface area contributed by atoms with E-state index in [4.69, 9.17) is 4.74 Å². The highest BCUT2D eigenvalue weighted by Gasteiger charge is 2.33. The number of ether oxygens (including phenoxy) is 1. The number of benzene rings is 1. The van der Waals surface area contributed by atoms with Gasteiger partial charge in [-0.3, -0.25) is 9.89 Å². The molecule has 1 N–H and O–H groups in total. The molecule has 1 aliphatic rings. The third kappa shape index (κ3) is 8.54. The first-order valence-corrected chi connectivity index (χ1v) is 9.78. The molecule has 2 atom stereocenters. The molecule has 0 aliphatic carbocycles. The number of halogens is 5. The summed E-state index contributed by atoms with van der Waals surface area (Å²) in [6, 6.07) is 6.14. The number of nitrogens with one attached hydrogen (secondary N) is 1. The highest BCUT2D eigenvalue weighted by Crippen LogP contribution is 2.22. The summed E-state index contributed by atoms with van der Waals surface area (Å²) in [5.74, 6) is 0.545. The summed E-state index contributed by atoms with van der Waals surface area (Å²) in [6.45, 7) is 3.50. The molecule has 2 rings (SSSR count). The molecule has 0 radical (unpaired) electrons. The zero-order valence-corrected chi connectivity index (χ0v) is 19.9. The number of guanidine groups is 1. The number of aliphatic imine (C=N–C) groups is 1. The van der Waals surface area contributed by atoms with Crippen LogP contribution in [0.25, 0.3) is 0 Å². The summed E-state index contributed by atoms with van der Waals surface area (Å²) < 4.78 is 56.7. The average Bonchev–Trinajstić information content (AvgIpc) is 3.13. The zero-order chi connectivity index (χ0) is 21.4. The summed E-state index contributed by atoms with van der Waals surface area (Å²) in [7, 11) is 3.27. The molecule has 0 amide bonds. The molecule has 2 unspecified atom stereocenters. The first-order chi connectivity index (χ1) is 13.8. The predicted octanol–water partition coefficient (Wildman–Crippen LogP) is 3.91. The first-order valence-electron chi connectivity index (χ1n) is 9.78. The fourth-order valence-electron chi connectivity index (χ4n) is 3.63. The van der Waals surface area contributed by atoms with Crippen LogP contribution in [-0.4, -0.2) is 75.4 Å². The van der Waals surface area contributed by atoms with Gasteiger partial charge in [0.2, 0.25) is 0 Å². The lowest BCUT2D eigenvalue weighted by atomic mass is 10.1. The Morgan fingerprint density at radius 3 is 2.53 bits per heavy atom. The maximum absolute atomic E-state index is 13.1. The topological polar surface area (TPSA) is 40.1 Å². The van der Waals surface area contributed by atoms with E-state index in [0.29, 0.717) is 32.1 Å². The van der Waals surface area contributed by atoms with Crippen molar-refractivity contribution in [3.8, 4) is 0 Å². The number of rotatable bonds is 8. The average molecular weight is 546 g/mol. The minimum Gasteiger partial charge on any atom is -0.375 e. The van der Waals surface area contributed by atoms with Gasteiger partial charge in [0.05, 0.1) is 12.6 Å². The number of hydrogen-bond acceptors (Lipinski definition) is 3. The van der Waals surface area contributed by atoms with Gasteiger partial charge < -0.3 is 15.0 Å². The Hall–Kier alpha value is -1.14. The van der Waals surface area contributed by atoms with Crippen molar-refractivity contribution < 1.29 is 22.3 Å². The lowest BCUT2D eigenvalue weighted by molar-refractivity contribution is -0.146. The van der Waals surface area contributed by atoms with Crippen molar-refractivity contribution in [3.63, 3.8) is 0 Å². The molecule has 5 nitrogen and oxygen atoms in total. The minimum atomic E-state index is -4.18. The number of hydrogen-bond donors (Lipinski definition) is 1. The van der Waals surface area contributed by atoms with Crippen LogP contribution in [0, 0.1) is 11.7 Å². The molecule has 1 aromatic rings. The molecule has 1 fully saturated rings. The van der Waals surface area contributed by atoms with Crippen LogP contribution in [0.5, 0.6) is 0 Å². The molecule has 30 heavy (non-hydrogen) atoms. The normalized spacial score (nSPS) is 18.5. The standard InChI is InChI=1S/C20H30F4N4O.HI/c1-4-27(14-20(22,23)24)12-15-9-10-28(13-15)19(25-2)26-11-18(29-3)16-5-7-17(21)8-6-16;/h5-8,15,18H,4,9-14H2,1-3H3,(H,25,26);1H. The number of nitrogens with zero attached hydrogens (tertiary/aromatic N) is 3. The van der Waals surface area contributed by atoms with Crippen LogP contribution in [0.4, 0.5) is 17.6 Å². The molecule has 0 bridgehead atoms. The first kappa shape index (κ1) is 26.9. The fourth-order valence-corrected chi connectivity index (χ4v) is 3.63. The van der Waals surface area contributed by atoms with Crippen LogP contribution in [-0.2, 0) is 4.74 Å². The van der Waals surface area contributed by atoms with Crippen molar-refractivity contribution in [3.05, 3.63) is 35.6 Å². The quantitative estimate of drug-likeness (QED) is 0.233. The van der Waals surface area contributed by atoms with Crippen molar-refractivity contribution in [2.24, 2.45) is 10.9 Å². The highest BCUT2D eigenvalue weighted by molar-refractivity contribution is 14.0. The molecule has 172 valence electrons. The Morgan fingerprint density at radius 1 is 1.33 bits per heavy atom. The van der Waals surface area contributed by atoms with Gasteiger partial charge >= 0.3 is 6.18 Å². The third-order valence-corrected chi connectivity index (χ3v) is 5.14. The van der Waals surface area contributed by atoms with Crippen LogP contribution >= 0.6 is 24.0 Å². The second-order valence-corrected chi connectivity index (χ2v) is 7.25. The van der Waals surface area contributed by atoms with Crippen LogP contribution in [0.15, 0.2) is 29.3 Å². The van der Waals surface area contributed by atoms with Gasteiger partial charge in [-0.05, 0) is 36.6 Å². The Bertz CT molecular complexity index is 657. The maximum Gasteiger partial charge on any atom is 0.401 e. The number of methoxy groups -OCH3 is 1. The molecule has 1 saturated heterocycles. The Balaban J connectivity index is 0.00000450. The van der Waals surface area contributed by atoms with E-state index in [1.807, 2.05) is 0 Å². The summed E-state index contributed by atoms with van der Waals surface area (Å²) in [5.41, 5.74) is 0.849. The fraction of sp³-hybridized carbons (Fsp3) is 0.650. The van der Waals surface area contributed by atoms with Crippen LogP contribution in [0.3, 0.4) is 0 Å². The van der Waals surface area contributed by atoms with Crippen molar-refractivity contribution in [1.29, 1.82) is 0 Å². The monoisotopic (exact) mass is 546 g/mol. The maximum atomic E-state index is 13.1. The van der Waals surface area contributed by atoms with E-state index in [0.717, 1.165) is 18.5 Å². The van der Waals surface area contributed by atoms with Crippen LogP contribution < -0.4 is 5.32 Å². The molecular formula is C20H31F4IN4O. The van der Waals surface area contributed by atoms with E-state index in [1.54, 1.807) is 33.2 Å². The van der Waals surface area contributed by atoms with Gasteiger partial charge in [0.1, 0.15) is 5.82 Å². The van der Waals surface area contributed by atoms with Gasteiger partial charge in [-0.15, -0.1) is 24.0 Å². The van der Waals surface area contributed by atoms with E-state index in [9.17, 15) is 17.6 Å². The summed E-state index contributed by atoms with van der Waals surface area (Å²) >= 11 is 0. The Labute approximate surface area is 192 Å². The summed E-state index contributed by atoms with van der Waals surface area (Å²) in [6.07, 6.45) is -3.63. The van der Waals surface area contributed by atoms with Crippen molar-refractivity contribution in [1.82, 2.24) is 15.1 Å². The zero-order valence-electron chi connectivity index (χ0n) is 17.6. The smallest absolute Gasteiger partial charge is 0.375 e. The van der Waals surface area contributed by atoms with E-state index in [-0.39, 0.29) is 41.8 Å². The Morgan fingerprint density at radius 2 is 2.00 bits per heavy atom. The van der Waals surface area contributed by atoms with Gasteiger partial charge in [-0.25, -0.2) is 4.39 Å². The second kappa shape index (κ2) is 12.7. The SMILES string of the molecule is CCN(CC1CCN(C(=NC)NCC(OC)c2ccc(F)cc2)C1)CC(F)(F)F.I. The molecule has 0 spiro atoms. The van der Waals surface area contributed by atoms with E-state index < -0.39 is 12.7 Å². The van der Waals surface area contributed by atoms with Crippen molar-refractivity contribution >= 4 is 29.9 Å². The van der Waals surface area contributed by atoms with Gasteiger partial charge in [0, 0.05) is 40.3 Å². The second-order valence-electron chi connectivity index (χ2n) is 7.25. The van der Waals surface area contributed by atoms with E-state index in [2.05, 4.69) is 15.2 Å². The van der Waals surface area contributed by atoms with Gasteiger partial charge in [0.25, 0.3) is 0 Å². The lowest BCUT2D eigenvalue weighted by Crippen LogP contribution is -2.43. The number of likely N-dealkylation sites (tertiary alicyclic amines) is 1. The van der Waals surface area contributed by atoms with Crippen LogP contribution in [0.2, 0.25) is 0 Å². The van der Waals surface area contributed by atoms with E-state index in [1.165, 1.54) is 17.0 Å². The molecule has 1 heterocycles. The van der Waals surface area contributed by atoms with Crippen molar-refractivity contribution in [2.75, 3.05) is 53.4 Å². The van der Waals surface area contributed by atoms with Gasteiger partial charge in [-0.1, -0.05) is 19.1 Å². The molecule has 1 aromatic carbocycles. The summed E-state index contributed by atoms with van der Waals surface area (Å²) in [5, 5.41) is 3.27. The van der Waals surface area contributed by atoms with Gasteiger partial charge in [-0.2, -0.15) is 13.2 Å². The largest absolute Gasteiger partial charge is 0.401 e. The van der Waals surface area contributed by atoms with Crippen molar-refractivity contribution in [2.45, 2.75) is 25.6 Å². The lowest BCUT2D eigenvalue weighted by Gasteiger charge is -2.26. The minimum absolute atomic E-state index is 0. The molecule has 10 heteroatoms. The molecule has 1 aliphatic heterocycles. The van der Waals surface area contributed by atoms with E-state index >= 15 is 0 Å². The number of alkyl halides is 3. The Kier molecular flexibility index (Phi) is 11.3. The molecular weight excluding hydrogens is 515 g/mol. The third-order valence-electron chi connectivity index (χ3n) is 5.14. The molecule has 0 aromatic heterocycles.